The van der Waals surface area contributed by atoms with Gasteiger partial charge in [0.1, 0.15) is 17.2 Å². The zero-order valence-corrected chi connectivity index (χ0v) is 11.1. The summed E-state index contributed by atoms with van der Waals surface area (Å²) in [7, 11) is 0. The van der Waals surface area contributed by atoms with Gasteiger partial charge in [0.15, 0.2) is 0 Å². The van der Waals surface area contributed by atoms with Crippen molar-refractivity contribution < 1.29 is 15.3 Å². The normalized spacial score (nSPS) is 10.6. The molecule has 0 fully saturated rings. The van der Waals surface area contributed by atoms with Crippen LogP contribution in [0.5, 0.6) is 17.2 Å². The Morgan fingerprint density at radius 3 is 2.00 bits per heavy atom. The fraction of sp³-hybridized carbons (Fsp3) is 0.250. The zero-order chi connectivity index (χ0) is 14.0. The highest BCUT2D eigenvalue weighted by atomic mass is 16.3. The Bertz CT molecular complexity index is 603. The third-order valence-electron chi connectivity index (χ3n) is 3.39. The van der Waals surface area contributed by atoms with Crippen molar-refractivity contribution in [1.29, 1.82) is 0 Å². The SMILES string of the molecule is CCc1c(O)cc(O)c(-c2ccccc2O)c1CC. The minimum atomic E-state index is -0.00644. The van der Waals surface area contributed by atoms with Crippen LogP contribution >= 0.6 is 0 Å². The van der Waals surface area contributed by atoms with E-state index in [2.05, 4.69) is 0 Å². The van der Waals surface area contributed by atoms with Crippen LogP contribution in [0.2, 0.25) is 0 Å². The molecule has 2 aromatic rings. The highest BCUT2D eigenvalue weighted by Crippen LogP contribution is 2.42. The molecule has 2 aromatic carbocycles. The number of para-hydroxylation sites is 1. The molecule has 3 nitrogen and oxygen atoms in total. The number of hydrogen-bond donors (Lipinski definition) is 3. The van der Waals surface area contributed by atoms with E-state index >= 15 is 0 Å². The average molecular weight is 258 g/mol. The molecule has 100 valence electrons. The van der Waals surface area contributed by atoms with Gasteiger partial charge in [0.2, 0.25) is 0 Å². The van der Waals surface area contributed by atoms with Gasteiger partial charge in [-0.15, -0.1) is 0 Å². The number of phenolic OH excluding ortho intramolecular Hbond substituents is 3. The van der Waals surface area contributed by atoms with Gasteiger partial charge in [-0.2, -0.15) is 0 Å². The molecular weight excluding hydrogens is 240 g/mol. The molecular formula is C16H18O3. The topological polar surface area (TPSA) is 60.7 Å². The van der Waals surface area contributed by atoms with Crippen LogP contribution in [0.25, 0.3) is 11.1 Å². The van der Waals surface area contributed by atoms with Gasteiger partial charge in [-0.3, -0.25) is 0 Å². The van der Waals surface area contributed by atoms with E-state index in [0.717, 1.165) is 11.1 Å². The maximum atomic E-state index is 10.1. The Balaban J connectivity index is 2.80. The van der Waals surface area contributed by atoms with Crippen LogP contribution in [0.1, 0.15) is 25.0 Å². The molecule has 0 saturated carbocycles. The van der Waals surface area contributed by atoms with Crippen LogP contribution in [0.4, 0.5) is 0 Å². The number of hydrogen-bond acceptors (Lipinski definition) is 3. The third kappa shape index (κ3) is 2.24. The summed E-state index contributed by atoms with van der Waals surface area (Å²) in [5.41, 5.74) is 2.89. The maximum Gasteiger partial charge on any atom is 0.127 e. The first-order valence-electron chi connectivity index (χ1n) is 6.45. The molecule has 0 aliphatic carbocycles. The number of benzene rings is 2. The Hall–Kier alpha value is -2.16. The predicted octanol–water partition coefficient (Wildman–Crippen LogP) is 3.60. The van der Waals surface area contributed by atoms with Gasteiger partial charge in [-0.25, -0.2) is 0 Å². The fourth-order valence-corrected chi connectivity index (χ4v) is 2.52. The lowest BCUT2D eigenvalue weighted by molar-refractivity contribution is 0.445. The summed E-state index contributed by atoms with van der Waals surface area (Å²) in [5, 5.41) is 30.0. The summed E-state index contributed by atoms with van der Waals surface area (Å²) in [6.45, 7) is 3.93. The fourth-order valence-electron chi connectivity index (χ4n) is 2.52. The molecule has 3 heteroatoms. The Labute approximate surface area is 112 Å². The van der Waals surface area contributed by atoms with Crippen molar-refractivity contribution in [2.45, 2.75) is 26.7 Å². The lowest BCUT2D eigenvalue weighted by atomic mass is 9.90. The molecule has 0 atom stereocenters. The van der Waals surface area contributed by atoms with E-state index in [1.807, 2.05) is 19.9 Å². The molecule has 0 heterocycles. The van der Waals surface area contributed by atoms with Gasteiger partial charge in [0.05, 0.1) is 0 Å². The molecule has 0 unspecified atom stereocenters. The summed E-state index contributed by atoms with van der Waals surface area (Å²) in [4.78, 5) is 0. The van der Waals surface area contributed by atoms with Gasteiger partial charge in [0.25, 0.3) is 0 Å². The van der Waals surface area contributed by atoms with Crippen molar-refractivity contribution >= 4 is 0 Å². The summed E-state index contributed by atoms with van der Waals surface area (Å²) in [6, 6.07) is 8.25. The molecule has 0 aromatic heterocycles. The Kier molecular flexibility index (Phi) is 3.65. The van der Waals surface area contributed by atoms with E-state index < -0.39 is 0 Å². The van der Waals surface area contributed by atoms with Gasteiger partial charge in [-0.05, 0) is 30.0 Å². The van der Waals surface area contributed by atoms with Crippen LogP contribution < -0.4 is 0 Å². The first-order chi connectivity index (χ1) is 9.10. The van der Waals surface area contributed by atoms with Crippen molar-refractivity contribution in [2.75, 3.05) is 0 Å². The summed E-state index contributed by atoms with van der Waals surface area (Å²) in [5.74, 6) is 0.226. The molecule has 0 radical (unpaired) electrons. The molecule has 0 amide bonds. The standard InChI is InChI=1S/C16H18O3/c1-3-10-11(4-2)16(15(19)9-14(10)18)12-7-5-6-8-13(12)17/h5-9,17-19H,3-4H2,1-2H3. The van der Waals surface area contributed by atoms with Crippen LogP contribution in [0, 0.1) is 0 Å². The highest BCUT2D eigenvalue weighted by Gasteiger charge is 2.18. The van der Waals surface area contributed by atoms with Crippen LogP contribution in [-0.4, -0.2) is 15.3 Å². The first kappa shape index (κ1) is 13.3. The maximum absolute atomic E-state index is 10.1. The van der Waals surface area contributed by atoms with Crippen molar-refractivity contribution in [3.8, 4) is 28.4 Å². The van der Waals surface area contributed by atoms with E-state index in [-0.39, 0.29) is 17.2 Å². The van der Waals surface area contributed by atoms with E-state index in [1.54, 1.807) is 18.2 Å². The molecule has 3 N–H and O–H groups in total. The smallest absolute Gasteiger partial charge is 0.127 e. The summed E-state index contributed by atoms with van der Waals surface area (Å²) in [6.07, 6.45) is 1.35. The largest absolute Gasteiger partial charge is 0.508 e. The van der Waals surface area contributed by atoms with Crippen molar-refractivity contribution in [1.82, 2.24) is 0 Å². The second kappa shape index (κ2) is 5.22. The van der Waals surface area contributed by atoms with Gasteiger partial charge in [-0.1, -0.05) is 32.0 Å². The van der Waals surface area contributed by atoms with E-state index in [9.17, 15) is 15.3 Å². The second-order valence-corrected chi connectivity index (χ2v) is 4.47. The minimum absolute atomic E-state index is 0.00644. The van der Waals surface area contributed by atoms with Crippen molar-refractivity contribution in [3.05, 3.63) is 41.5 Å². The van der Waals surface area contributed by atoms with Crippen molar-refractivity contribution in [2.24, 2.45) is 0 Å². The third-order valence-corrected chi connectivity index (χ3v) is 3.39. The lowest BCUT2D eigenvalue weighted by Gasteiger charge is -2.17. The Morgan fingerprint density at radius 2 is 1.42 bits per heavy atom. The molecule has 0 saturated heterocycles. The minimum Gasteiger partial charge on any atom is -0.508 e. The van der Waals surface area contributed by atoms with Crippen LogP contribution in [-0.2, 0) is 12.8 Å². The Morgan fingerprint density at radius 1 is 0.789 bits per heavy atom. The van der Waals surface area contributed by atoms with Gasteiger partial charge in [0, 0.05) is 17.2 Å². The number of aromatic hydroxyl groups is 3. The lowest BCUT2D eigenvalue weighted by Crippen LogP contribution is -1.97. The molecule has 0 aliphatic heterocycles. The number of phenols is 3. The van der Waals surface area contributed by atoms with Gasteiger partial charge >= 0.3 is 0 Å². The molecule has 0 aliphatic rings. The second-order valence-electron chi connectivity index (χ2n) is 4.47. The summed E-state index contributed by atoms with van der Waals surface area (Å²) >= 11 is 0. The highest BCUT2D eigenvalue weighted by molar-refractivity contribution is 5.80. The van der Waals surface area contributed by atoms with Gasteiger partial charge < -0.3 is 15.3 Å². The quantitative estimate of drug-likeness (QED) is 0.788. The first-order valence-corrected chi connectivity index (χ1v) is 6.45. The molecule has 2 rings (SSSR count). The number of rotatable bonds is 3. The summed E-state index contributed by atoms with van der Waals surface area (Å²) < 4.78 is 0. The zero-order valence-electron chi connectivity index (χ0n) is 11.1. The van der Waals surface area contributed by atoms with Crippen molar-refractivity contribution in [3.63, 3.8) is 0 Å². The monoisotopic (exact) mass is 258 g/mol. The van der Waals surface area contributed by atoms with Crippen LogP contribution in [0.3, 0.4) is 0 Å². The molecule has 0 bridgehead atoms. The van der Waals surface area contributed by atoms with E-state index in [4.69, 9.17) is 0 Å². The predicted molar refractivity (Wildman–Crippen MR) is 75.6 cm³/mol. The molecule has 19 heavy (non-hydrogen) atoms. The average Bonchev–Trinajstić information content (AvgIpc) is 2.39. The van der Waals surface area contributed by atoms with Crippen LogP contribution in [0.15, 0.2) is 30.3 Å². The molecule has 0 spiro atoms. The van der Waals surface area contributed by atoms with E-state index in [1.165, 1.54) is 6.07 Å². The van der Waals surface area contributed by atoms with E-state index in [0.29, 0.717) is 24.0 Å².